The zero-order valence-corrected chi connectivity index (χ0v) is 11.4. The molecule has 0 aliphatic carbocycles. The van der Waals surface area contributed by atoms with Gasteiger partial charge in [0.05, 0.1) is 11.5 Å². The van der Waals surface area contributed by atoms with Crippen molar-refractivity contribution in [2.24, 2.45) is 0 Å². The second-order valence-corrected chi connectivity index (χ2v) is 5.40. The molecule has 0 amide bonds. The third-order valence-electron chi connectivity index (χ3n) is 2.97. The Morgan fingerprint density at radius 3 is 2.90 bits per heavy atom. The van der Waals surface area contributed by atoms with E-state index < -0.39 is 10.7 Å². The van der Waals surface area contributed by atoms with Crippen LogP contribution in [0.3, 0.4) is 0 Å². The van der Waals surface area contributed by atoms with Crippen molar-refractivity contribution < 1.29 is 14.4 Å². The van der Waals surface area contributed by atoms with Crippen LogP contribution < -0.4 is 0 Å². The smallest absolute Gasteiger partial charge is 0.307 e. The van der Waals surface area contributed by atoms with Gasteiger partial charge in [0, 0.05) is 22.7 Å². The molecule has 0 unspecified atom stereocenters. The normalized spacial score (nSPS) is 15.8. The maximum atomic E-state index is 10.6. The van der Waals surface area contributed by atoms with Gasteiger partial charge in [0.15, 0.2) is 0 Å². The van der Waals surface area contributed by atoms with Gasteiger partial charge in [-0.05, 0) is 6.07 Å². The van der Waals surface area contributed by atoms with Crippen molar-refractivity contribution in [1.29, 1.82) is 0 Å². The van der Waals surface area contributed by atoms with Crippen molar-refractivity contribution in [2.75, 3.05) is 0 Å². The molecule has 0 fully saturated rings. The maximum absolute atomic E-state index is 10.6. The zero-order chi connectivity index (χ0) is 14.2. The molecule has 8 heteroatoms. The molecule has 3 heterocycles. The summed E-state index contributed by atoms with van der Waals surface area (Å²) in [5.41, 5.74) is 0.893. The molecule has 20 heavy (non-hydrogen) atoms. The summed E-state index contributed by atoms with van der Waals surface area (Å²) in [5, 5.41) is 16.5. The van der Waals surface area contributed by atoms with Gasteiger partial charge in [-0.2, -0.15) is 5.10 Å². The minimum Gasteiger partial charge on any atom is -0.453 e. The van der Waals surface area contributed by atoms with Crippen LogP contribution in [0.1, 0.15) is 17.4 Å². The number of ether oxygens (including phenoxy) is 2. The molecule has 0 aromatic carbocycles. The van der Waals surface area contributed by atoms with Gasteiger partial charge in [0.25, 0.3) is 5.79 Å². The lowest BCUT2D eigenvalue weighted by molar-refractivity contribution is -0.385. The quantitative estimate of drug-likeness (QED) is 0.639. The van der Waals surface area contributed by atoms with Crippen LogP contribution in [-0.2, 0) is 21.8 Å². The molecule has 1 aliphatic rings. The Morgan fingerprint density at radius 2 is 2.25 bits per heavy atom. The highest BCUT2D eigenvalue weighted by atomic mass is 32.1. The fourth-order valence-electron chi connectivity index (χ4n) is 1.87. The fraction of sp³-hybridized carbons (Fsp3) is 0.250. The number of aromatic nitrogens is 2. The summed E-state index contributed by atoms with van der Waals surface area (Å²) in [7, 11) is 0. The van der Waals surface area contributed by atoms with E-state index in [9.17, 15) is 10.1 Å². The molecule has 0 atom stereocenters. The topological polar surface area (TPSA) is 79.4 Å². The molecular formula is C12H11N3O4S. The summed E-state index contributed by atoms with van der Waals surface area (Å²) >= 11 is 1.53. The van der Waals surface area contributed by atoms with E-state index in [2.05, 4.69) is 5.10 Å². The van der Waals surface area contributed by atoms with Crippen LogP contribution in [0.2, 0.25) is 0 Å². The first-order chi connectivity index (χ1) is 9.57. The molecule has 0 N–H and O–H groups in total. The van der Waals surface area contributed by atoms with E-state index in [1.807, 2.05) is 18.4 Å². The standard InChI is InChI=1S/C12H11N3O4S/c1-12(18-2-3-19-12)9-4-11(20-8-9)7-14-6-10(5-13-14)15(16)17/h2-6,8H,7H2,1H3. The predicted molar refractivity (Wildman–Crippen MR) is 71.0 cm³/mol. The van der Waals surface area contributed by atoms with Crippen LogP contribution in [0.15, 0.2) is 36.4 Å². The second kappa shape index (κ2) is 4.64. The van der Waals surface area contributed by atoms with Gasteiger partial charge >= 0.3 is 5.69 Å². The van der Waals surface area contributed by atoms with Gasteiger partial charge in [-0.25, -0.2) is 0 Å². The highest BCUT2D eigenvalue weighted by Crippen LogP contribution is 2.34. The Morgan fingerprint density at radius 1 is 1.50 bits per heavy atom. The van der Waals surface area contributed by atoms with Gasteiger partial charge in [0.1, 0.15) is 24.9 Å². The number of thiophene rings is 1. The van der Waals surface area contributed by atoms with Crippen molar-refractivity contribution in [3.63, 3.8) is 0 Å². The Bertz CT molecular complexity index is 668. The van der Waals surface area contributed by atoms with Gasteiger partial charge in [-0.15, -0.1) is 11.3 Å². The van der Waals surface area contributed by atoms with Crippen LogP contribution in [0.4, 0.5) is 5.69 Å². The Hall–Kier alpha value is -2.35. The lowest BCUT2D eigenvalue weighted by Gasteiger charge is -2.21. The van der Waals surface area contributed by atoms with Gasteiger partial charge < -0.3 is 9.47 Å². The first kappa shape index (κ1) is 12.7. The number of hydrogen-bond acceptors (Lipinski definition) is 6. The van der Waals surface area contributed by atoms with Crippen LogP contribution >= 0.6 is 11.3 Å². The first-order valence-electron chi connectivity index (χ1n) is 5.82. The molecule has 3 rings (SSSR count). The molecule has 2 aromatic rings. The molecule has 0 radical (unpaired) electrons. The summed E-state index contributed by atoms with van der Waals surface area (Å²) in [6, 6.07) is 1.95. The maximum Gasteiger partial charge on any atom is 0.307 e. The van der Waals surface area contributed by atoms with E-state index in [1.54, 1.807) is 0 Å². The van der Waals surface area contributed by atoms with Crippen LogP contribution in [0.25, 0.3) is 0 Å². The van der Waals surface area contributed by atoms with Crippen molar-refractivity contribution in [3.8, 4) is 0 Å². The molecule has 7 nitrogen and oxygen atoms in total. The Kier molecular flexibility index (Phi) is 2.94. The highest BCUT2D eigenvalue weighted by Gasteiger charge is 2.33. The van der Waals surface area contributed by atoms with Crippen LogP contribution in [0.5, 0.6) is 0 Å². The minimum atomic E-state index is -0.787. The van der Waals surface area contributed by atoms with Gasteiger partial charge in [-0.1, -0.05) is 0 Å². The van der Waals surface area contributed by atoms with E-state index in [4.69, 9.17) is 9.47 Å². The molecule has 0 saturated heterocycles. The lowest BCUT2D eigenvalue weighted by atomic mass is 10.1. The molecule has 104 valence electrons. The molecule has 1 aliphatic heterocycles. The summed E-state index contributed by atoms with van der Waals surface area (Å²) < 4.78 is 12.4. The zero-order valence-electron chi connectivity index (χ0n) is 10.6. The molecular weight excluding hydrogens is 282 g/mol. The molecule has 0 bridgehead atoms. The number of nitro groups is 1. The first-order valence-corrected chi connectivity index (χ1v) is 6.70. The van der Waals surface area contributed by atoms with Gasteiger partial charge in [-0.3, -0.25) is 14.8 Å². The van der Waals surface area contributed by atoms with Crippen molar-refractivity contribution in [1.82, 2.24) is 9.78 Å². The van der Waals surface area contributed by atoms with E-state index in [1.165, 1.54) is 40.9 Å². The van der Waals surface area contributed by atoms with E-state index in [-0.39, 0.29) is 5.69 Å². The third-order valence-corrected chi connectivity index (χ3v) is 3.89. The Balaban J connectivity index is 1.75. The summed E-state index contributed by atoms with van der Waals surface area (Å²) in [6.45, 7) is 2.31. The summed E-state index contributed by atoms with van der Waals surface area (Å²) in [4.78, 5) is 11.2. The van der Waals surface area contributed by atoms with E-state index >= 15 is 0 Å². The summed E-state index contributed by atoms with van der Waals surface area (Å²) in [5.74, 6) is -0.787. The molecule has 0 saturated carbocycles. The van der Waals surface area contributed by atoms with E-state index in [0.717, 1.165) is 10.4 Å². The predicted octanol–water partition coefficient (Wildman–Crippen LogP) is 2.59. The van der Waals surface area contributed by atoms with E-state index in [0.29, 0.717) is 6.54 Å². The fourth-order valence-corrected chi connectivity index (χ4v) is 2.84. The van der Waals surface area contributed by atoms with Crippen molar-refractivity contribution in [2.45, 2.75) is 19.3 Å². The number of hydrogen-bond donors (Lipinski definition) is 0. The molecule has 0 spiro atoms. The largest absolute Gasteiger partial charge is 0.453 e. The average molecular weight is 293 g/mol. The SMILES string of the molecule is CC1(c2csc(Cn3cc([N+](=O)[O-])cn3)c2)OC=CO1. The minimum absolute atomic E-state index is 0.0135. The van der Waals surface area contributed by atoms with Crippen molar-refractivity contribution in [3.05, 3.63) is 56.9 Å². The molecule has 2 aromatic heterocycles. The van der Waals surface area contributed by atoms with Crippen LogP contribution in [0, 0.1) is 10.1 Å². The second-order valence-electron chi connectivity index (χ2n) is 4.41. The third kappa shape index (κ3) is 2.25. The van der Waals surface area contributed by atoms with Gasteiger partial charge in [0.2, 0.25) is 0 Å². The van der Waals surface area contributed by atoms with Crippen molar-refractivity contribution >= 4 is 17.0 Å². The highest BCUT2D eigenvalue weighted by molar-refractivity contribution is 7.10. The average Bonchev–Trinajstić information content (AvgIpc) is 3.10. The number of rotatable bonds is 4. The Labute approximate surface area is 118 Å². The monoisotopic (exact) mass is 293 g/mol. The lowest BCUT2D eigenvalue weighted by Crippen LogP contribution is -2.21. The summed E-state index contributed by atoms with van der Waals surface area (Å²) in [6.07, 6.45) is 5.66. The van der Waals surface area contributed by atoms with Crippen LogP contribution in [-0.4, -0.2) is 14.7 Å². The number of nitrogens with zero attached hydrogens (tertiary/aromatic N) is 3.